The van der Waals surface area contributed by atoms with Crippen LogP contribution in [0.2, 0.25) is 0 Å². The maximum absolute atomic E-state index is 6.29. The standard InChI is InChI=1S/C14H16BrNO/c1-8-6-9(2)12(10(3)7-8)13(16)14-11(15)4-5-17-14/h4-7,13H,16H2,1-3H3. The Bertz CT molecular complexity index is 522. The molecule has 0 aliphatic rings. The molecule has 2 nitrogen and oxygen atoms in total. The third kappa shape index (κ3) is 2.31. The Balaban J connectivity index is 2.51. The summed E-state index contributed by atoms with van der Waals surface area (Å²) in [4.78, 5) is 0. The Kier molecular flexibility index (Phi) is 3.40. The molecule has 0 amide bonds. The van der Waals surface area contributed by atoms with Gasteiger partial charge in [0.15, 0.2) is 0 Å². The molecule has 0 fully saturated rings. The van der Waals surface area contributed by atoms with Crippen LogP contribution in [-0.4, -0.2) is 0 Å². The van der Waals surface area contributed by atoms with Crippen LogP contribution >= 0.6 is 15.9 Å². The predicted molar refractivity (Wildman–Crippen MR) is 73.1 cm³/mol. The van der Waals surface area contributed by atoms with E-state index in [2.05, 4.69) is 48.8 Å². The van der Waals surface area contributed by atoms with Gasteiger partial charge in [-0.25, -0.2) is 0 Å². The molecular formula is C14H16BrNO. The van der Waals surface area contributed by atoms with E-state index in [4.69, 9.17) is 10.2 Å². The zero-order valence-corrected chi connectivity index (χ0v) is 11.8. The van der Waals surface area contributed by atoms with E-state index in [0.717, 1.165) is 15.8 Å². The van der Waals surface area contributed by atoms with Crippen molar-refractivity contribution in [3.05, 3.63) is 56.9 Å². The molecule has 90 valence electrons. The largest absolute Gasteiger partial charge is 0.466 e. The number of halogens is 1. The Morgan fingerprint density at radius 1 is 1.18 bits per heavy atom. The third-order valence-corrected chi connectivity index (χ3v) is 3.63. The second kappa shape index (κ2) is 4.67. The zero-order valence-electron chi connectivity index (χ0n) is 10.3. The fraction of sp³-hybridized carbons (Fsp3) is 0.286. The van der Waals surface area contributed by atoms with Gasteiger partial charge in [-0.15, -0.1) is 0 Å². The van der Waals surface area contributed by atoms with Crippen molar-refractivity contribution in [1.82, 2.24) is 0 Å². The Labute approximate surface area is 110 Å². The molecule has 1 unspecified atom stereocenters. The van der Waals surface area contributed by atoms with Crippen LogP contribution in [0.15, 0.2) is 33.4 Å². The molecule has 0 saturated heterocycles. The molecule has 1 heterocycles. The number of rotatable bonds is 2. The van der Waals surface area contributed by atoms with Crippen molar-refractivity contribution in [3.63, 3.8) is 0 Å². The van der Waals surface area contributed by atoms with Gasteiger partial charge in [-0.3, -0.25) is 0 Å². The second-order valence-corrected chi connectivity index (χ2v) is 5.28. The molecule has 3 heteroatoms. The monoisotopic (exact) mass is 293 g/mol. The zero-order chi connectivity index (χ0) is 12.6. The lowest BCUT2D eigenvalue weighted by Gasteiger charge is -2.17. The van der Waals surface area contributed by atoms with Gasteiger partial charge in [0.25, 0.3) is 0 Å². The van der Waals surface area contributed by atoms with Crippen molar-refractivity contribution in [1.29, 1.82) is 0 Å². The van der Waals surface area contributed by atoms with Crippen molar-refractivity contribution >= 4 is 15.9 Å². The number of furan rings is 1. The molecule has 2 rings (SSSR count). The Morgan fingerprint density at radius 2 is 1.76 bits per heavy atom. The molecule has 2 N–H and O–H groups in total. The van der Waals surface area contributed by atoms with Gasteiger partial charge in [-0.05, 0) is 59.5 Å². The molecule has 17 heavy (non-hydrogen) atoms. The lowest BCUT2D eigenvalue weighted by Crippen LogP contribution is -2.14. The number of aryl methyl sites for hydroxylation is 3. The van der Waals surface area contributed by atoms with E-state index < -0.39 is 0 Å². The summed E-state index contributed by atoms with van der Waals surface area (Å²) in [6.07, 6.45) is 1.65. The molecule has 0 spiro atoms. The van der Waals surface area contributed by atoms with Gasteiger partial charge in [0.05, 0.1) is 16.8 Å². The van der Waals surface area contributed by atoms with Gasteiger partial charge in [-0.1, -0.05) is 17.7 Å². The molecule has 0 aliphatic carbocycles. The van der Waals surface area contributed by atoms with Crippen LogP contribution < -0.4 is 5.73 Å². The molecule has 0 aliphatic heterocycles. The number of hydrogen-bond acceptors (Lipinski definition) is 2. The molecule has 1 aromatic carbocycles. The minimum Gasteiger partial charge on any atom is -0.466 e. The minimum atomic E-state index is -0.222. The van der Waals surface area contributed by atoms with Gasteiger partial charge in [0, 0.05) is 0 Å². The van der Waals surface area contributed by atoms with Crippen LogP contribution in [0, 0.1) is 20.8 Å². The fourth-order valence-corrected chi connectivity index (χ4v) is 2.79. The molecule has 0 saturated carbocycles. The van der Waals surface area contributed by atoms with E-state index in [1.807, 2.05) is 6.07 Å². The highest BCUT2D eigenvalue weighted by Crippen LogP contribution is 2.31. The van der Waals surface area contributed by atoms with Crippen LogP contribution in [0.4, 0.5) is 0 Å². The highest BCUT2D eigenvalue weighted by molar-refractivity contribution is 9.10. The minimum absolute atomic E-state index is 0.222. The third-order valence-electron chi connectivity index (χ3n) is 2.98. The summed E-state index contributed by atoms with van der Waals surface area (Å²) in [6, 6.07) is 5.95. The van der Waals surface area contributed by atoms with E-state index in [9.17, 15) is 0 Å². The summed E-state index contributed by atoms with van der Waals surface area (Å²) in [5, 5.41) is 0. The lowest BCUT2D eigenvalue weighted by atomic mass is 9.93. The second-order valence-electron chi connectivity index (χ2n) is 4.42. The maximum Gasteiger partial charge on any atom is 0.139 e. The van der Waals surface area contributed by atoms with Crippen molar-refractivity contribution < 1.29 is 4.42 Å². The Hall–Kier alpha value is -1.06. The van der Waals surface area contributed by atoms with Crippen molar-refractivity contribution in [3.8, 4) is 0 Å². The highest BCUT2D eigenvalue weighted by atomic mass is 79.9. The number of hydrogen-bond donors (Lipinski definition) is 1. The number of benzene rings is 1. The van der Waals surface area contributed by atoms with Crippen LogP contribution in [0.3, 0.4) is 0 Å². The molecule has 1 atom stereocenters. The van der Waals surface area contributed by atoms with Gasteiger partial charge >= 0.3 is 0 Å². The number of nitrogens with two attached hydrogens (primary N) is 1. The highest BCUT2D eigenvalue weighted by Gasteiger charge is 2.19. The van der Waals surface area contributed by atoms with Crippen molar-refractivity contribution in [2.24, 2.45) is 5.73 Å². The van der Waals surface area contributed by atoms with Crippen LogP contribution in [0.5, 0.6) is 0 Å². The summed E-state index contributed by atoms with van der Waals surface area (Å²) in [5.74, 6) is 0.778. The topological polar surface area (TPSA) is 39.2 Å². The average Bonchev–Trinajstić information content (AvgIpc) is 2.62. The predicted octanol–water partition coefficient (Wildman–Crippen LogP) is 4.02. The summed E-state index contributed by atoms with van der Waals surface area (Å²) in [6.45, 7) is 6.27. The summed E-state index contributed by atoms with van der Waals surface area (Å²) >= 11 is 3.45. The average molecular weight is 294 g/mol. The molecule has 2 aromatic rings. The van der Waals surface area contributed by atoms with Crippen LogP contribution in [0.1, 0.15) is 34.1 Å². The van der Waals surface area contributed by atoms with Gasteiger partial charge in [0.1, 0.15) is 5.76 Å². The maximum atomic E-state index is 6.29. The quantitative estimate of drug-likeness (QED) is 0.908. The summed E-state index contributed by atoms with van der Waals surface area (Å²) in [5.41, 5.74) is 11.1. The van der Waals surface area contributed by atoms with Gasteiger partial charge < -0.3 is 10.2 Å². The first-order chi connectivity index (χ1) is 8.00. The van der Waals surface area contributed by atoms with E-state index in [1.165, 1.54) is 16.7 Å². The van der Waals surface area contributed by atoms with E-state index in [1.54, 1.807) is 6.26 Å². The fourth-order valence-electron chi connectivity index (χ4n) is 2.34. The first kappa shape index (κ1) is 12.4. The first-order valence-electron chi connectivity index (χ1n) is 5.57. The Morgan fingerprint density at radius 3 is 2.24 bits per heavy atom. The van der Waals surface area contributed by atoms with Gasteiger partial charge in [0.2, 0.25) is 0 Å². The van der Waals surface area contributed by atoms with E-state index >= 15 is 0 Å². The molecule has 0 bridgehead atoms. The van der Waals surface area contributed by atoms with Gasteiger partial charge in [-0.2, -0.15) is 0 Å². The SMILES string of the molecule is Cc1cc(C)c(C(N)c2occc2Br)c(C)c1. The molecule has 1 aromatic heterocycles. The van der Waals surface area contributed by atoms with Crippen LogP contribution in [-0.2, 0) is 0 Å². The molecular weight excluding hydrogens is 278 g/mol. The first-order valence-corrected chi connectivity index (χ1v) is 6.36. The van der Waals surface area contributed by atoms with E-state index in [0.29, 0.717) is 0 Å². The molecule has 0 radical (unpaired) electrons. The van der Waals surface area contributed by atoms with E-state index in [-0.39, 0.29) is 6.04 Å². The normalized spacial score (nSPS) is 12.8. The summed E-state index contributed by atoms with van der Waals surface area (Å²) < 4.78 is 6.37. The smallest absolute Gasteiger partial charge is 0.139 e. The van der Waals surface area contributed by atoms with Crippen LogP contribution in [0.25, 0.3) is 0 Å². The lowest BCUT2D eigenvalue weighted by molar-refractivity contribution is 0.486. The van der Waals surface area contributed by atoms with Crippen molar-refractivity contribution in [2.75, 3.05) is 0 Å². The van der Waals surface area contributed by atoms with Crippen molar-refractivity contribution in [2.45, 2.75) is 26.8 Å². The summed E-state index contributed by atoms with van der Waals surface area (Å²) in [7, 11) is 0.